The predicted octanol–water partition coefficient (Wildman–Crippen LogP) is 0.862. The molecule has 3 N–H and O–H groups in total. The molecule has 0 saturated carbocycles. The summed E-state index contributed by atoms with van der Waals surface area (Å²) in [7, 11) is 0. The fourth-order valence-corrected chi connectivity index (χ4v) is 1.63. The highest BCUT2D eigenvalue weighted by Gasteiger charge is 2.05. The number of carbonyl (C=O) groups excluding carboxylic acids is 1. The Bertz CT molecular complexity index is 548. The number of nitrogens with zero attached hydrogens (tertiary/aromatic N) is 2. The summed E-state index contributed by atoms with van der Waals surface area (Å²) < 4.78 is 4.95. The van der Waals surface area contributed by atoms with Crippen molar-refractivity contribution >= 4 is 11.6 Å². The minimum absolute atomic E-state index is 0.0407. The van der Waals surface area contributed by atoms with Gasteiger partial charge in [0.1, 0.15) is 0 Å². The largest absolute Gasteiger partial charge is 0.399 e. The van der Waals surface area contributed by atoms with Gasteiger partial charge < -0.3 is 15.6 Å². The topological polar surface area (TPSA) is 94.0 Å². The quantitative estimate of drug-likeness (QED) is 0.778. The molecule has 2 aromatic rings. The first kappa shape index (κ1) is 13.1. The van der Waals surface area contributed by atoms with Gasteiger partial charge in [-0.1, -0.05) is 17.3 Å². The maximum atomic E-state index is 11.7. The number of hydrogen-bond donors (Lipinski definition) is 2. The Morgan fingerprint density at radius 3 is 2.74 bits per heavy atom. The van der Waals surface area contributed by atoms with Crippen LogP contribution >= 0.6 is 0 Å². The summed E-state index contributed by atoms with van der Waals surface area (Å²) in [6, 6.07) is 7.25. The Kier molecular flexibility index (Phi) is 4.12. The number of nitrogen functional groups attached to an aromatic ring is 1. The van der Waals surface area contributed by atoms with Crippen LogP contribution in [-0.2, 0) is 17.6 Å². The van der Waals surface area contributed by atoms with Gasteiger partial charge in [-0.15, -0.1) is 0 Å². The van der Waals surface area contributed by atoms with Crippen LogP contribution in [0.5, 0.6) is 0 Å². The number of aryl methyl sites for hydroxylation is 1. The normalized spacial score (nSPS) is 10.4. The monoisotopic (exact) mass is 260 g/mol. The van der Waals surface area contributed by atoms with Crippen molar-refractivity contribution in [2.24, 2.45) is 0 Å². The summed E-state index contributed by atoms with van der Waals surface area (Å²) in [6.45, 7) is 2.24. The molecule has 0 aliphatic carbocycles. The molecule has 0 spiro atoms. The second-order valence-electron chi connectivity index (χ2n) is 4.25. The van der Waals surface area contributed by atoms with E-state index in [1.807, 2.05) is 12.1 Å². The second-order valence-corrected chi connectivity index (χ2v) is 4.25. The molecule has 100 valence electrons. The lowest BCUT2D eigenvalue weighted by atomic mass is 10.1. The second kappa shape index (κ2) is 5.99. The van der Waals surface area contributed by atoms with Gasteiger partial charge in [0.15, 0.2) is 5.82 Å². The van der Waals surface area contributed by atoms with E-state index in [1.54, 1.807) is 19.1 Å². The van der Waals surface area contributed by atoms with Gasteiger partial charge >= 0.3 is 0 Å². The molecule has 19 heavy (non-hydrogen) atoms. The molecule has 0 radical (unpaired) electrons. The zero-order valence-corrected chi connectivity index (χ0v) is 10.7. The highest BCUT2D eigenvalue weighted by Crippen LogP contribution is 2.05. The van der Waals surface area contributed by atoms with Gasteiger partial charge in [0.2, 0.25) is 11.8 Å². The van der Waals surface area contributed by atoms with Crippen molar-refractivity contribution in [1.82, 2.24) is 15.5 Å². The molecule has 1 aromatic heterocycles. The molecule has 1 amide bonds. The van der Waals surface area contributed by atoms with Gasteiger partial charge in [0.05, 0.1) is 6.42 Å². The van der Waals surface area contributed by atoms with Crippen LogP contribution in [0.2, 0.25) is 0 Å². The first-order chi connectivity index (χ1) is 9.13. The number of anilines is 1. The summed E-state index contributed by atoms with van der Waals surface area (Å²) in [5.41, 5.74) is 7.20. The first-order valence-corrected chi connectivity index (χ1v) is 6.04. The minimum atomic E-state index is -0.0407. The third-order valence-electron chi connectivity index (χ3n) is 2.58. The maximum absolute atomic E-state index is 11.7. The van der Waals surface area contributed by atoms with Gasteiger partial charge in [0, 0.05) is 18.7 Å². The van der Waals surface area contributed by atoms with E-state index >= 15 is 0 Å². The molecular formula is C13H16N4O2. The minimum Gasteiger partial charge on any atom is -0.399 e. The Morgan fingerprint density at radius 2 is 2.11 bits per heavy atom. The van der Waals surface area contributed by atoms with Gasteiger partial charge in [-0.05, 0) is 24.6 Å². The van der Waals surface area contributed by atoms with Crippen molar-refractivity contribution in [3.63, 3.8) is 0 Å². The van der Waals surface area contributed by atoms with Gasteiger partial charge in [-0.3, -0.25) is 4.79 Å². The van der Waals surface area contributed by atoms with Crippen molar-refractivity contribution in [3.8, 4) is 0 Å². The summed E-state index contributed by atoms with van der Waals surface area (Å²) >= 11 is 0. The summed E-state index contributed by atoms with van der Waals surface area (Å²) in [5.74, 6) is 1.09. The Morgan fingerprint density at radius 1 is 1.37 bits per heavy atom. The fourth-order valence-electron chi connectivity index (χ4n) is 1.63. The average Bonchev–Trinajstić information content (AvgIpc) is 2.78. The zero-order valence-electron chi connectivity index (χ0n) is 10.7. The maximum Gasteiger partial charge on any atom is 0.228 e. The Labute approximate surface area is 111 Å². The molecule has 0 unspecified atom stereocenters. The number of nitrogens with one attached hydrogen (secondary N) is 1. The van der Waals surface area contributed by atoms with Gasteiger partial charge in [-0.2, -0.15) is 4.98 Å². The van der Waals surface area contributed by atoms with Crippen LogP contribution in [0.15, 0.2) is 28.8 Å². The average molecular weight is 260 g/mol. The van der Waals surface area contributed by atoms with E-state index in [0.717, 1.165) is 5.56 Å². The highest BCUT2D eigenvalue weighted by atomic mass is 16.5. The number of nitrogens with two attached hydrogens (primary N) is 1. The lowest BCUT2D eigenvalue weighted by Crippen LogP contribution is -2.27. The molecule has 0 fully saturated rings. The molecule has 0 aliphatic rings. The first-order valence-electron chi connectivity index (χ1n) is 6.04. The Balaban J connectivity index is 1.74. The van der Waals surface area contributed by atoms with Crippen molar-refractivity contribution in [2.45, 2.75) is 19.8 Å². The van der Waals surface area contributed by atoms with Crippen LogP contribution in [0, 0.1) is 6.92 Å². The van der Waals surface area contributed by atoms with Crippen molar-refractivity contribution < 1.29 is 9.32 Å². The summed E-state index contributed by atoms with van der Waals surface area (Å²) in [5, 5.41) is 6.49. The smallest absolute Gasteiger partial charge is 0.228 e. The zero-order chi connectivity index (χ0) is 13.7. The molecule has 0 saturated heterocycles. The van der Waals surface area contributed by atoms with Crippen LogP contribution < -0.4 is 11.1 Å². The number of aromatic nitrogens is 2. The molecular weight excluding hydrogens is 244 g/mol. The van der Waals surface area contributed by atoms with E-state index in [0.29, 0.717) is 36.8 Å². The molecule has 0 aliphatic heterocycles. The lowest BCUT2D eigenvalue weighted by molar-refractivity contribution is -0.120. The van der Waals surface area contributed by atoms with E-state index in [-0.39, 0.29) is 5.91 Å². The summed E-state index contributed by atoms with van der Waals surface area (Å²) in [4.78, 5) is 15.7. The third-order valence-corrected chi connectivity index (χ3v) is 2.58. The summed E-state index contributed by atoms with van der Waals surface area (Å²) in [6.07, 6.45) is 0.872. The molecule has 1 heterocycles. The molecule has 2 rings (SSSR count). The van der Waals surface area contributed by atoms with Crippen molar-refractivity contribution in [2.75, 3.05) is 12.3 Å². The van der Waals surface area contributed by atoms with E-state index in [4.69, 9.17) is 10.3 Å². The lowest BCUT2D eigenvalue weighted by Gasteiger charge is -2.04. The number of carbonyl (C=O) groups is 1. The predicted molar refractivity (Wildman–Crippen MR) is 70.3 cm³/mol. The van der Waals surface area contributed by atoms with Crippen LogP contribution in [0.3, 0.4) is 0 Å². The molecule has 1 aromatic carbocycles. The number of hydrogen-bond acceptors (Lipinski definition) is 5. The van der Waals surface area contributed by atoms with E-state index in [9.17, 15) is 4.79 Å². The molecule has 6 nitrogen and oxygen atoms in total. The number of benzene rings is 1. The SMILES string of the molecule is Cc1noc(CCNC(=O)Cc2ccc(N)cc2)n1. The van der Waals surface area contributed by atoms with Crippen LogP contribution in [0.25, 0.3) is 0 Å². The van der Waals surface area contributed by atoms with E-state index in [1.165, 1.54) is 0 Å². The molecule has 0 atom stereocenters. The van der Waals surface area contributed by atoms with Crippen molar-refractivity contribution in [3.05, 3.63) is 41.5 Å². The van der Waals surface area contributed by atoms with E-state index < -0.39 is 0 Å². The third kappa shape index (κ3) is 4.09. The fraction of sp³-hybridized carbons (Fsp3) is 0.308. The van der Waals surface area contributed by atoms with Crippen LogP contribution in [0.1, 0.15) is 17.3 Å². The van der Waals surface area contributed by atoms with Gasteiger partial charge in [0.25, 0.3) is 0 Å². The molecule has 6 heteroatoms. The molecule has 0 bridgehead atoms. The van der Waals surface area contributed by atoms with Gasteiger partial charge in [-0.25, -0.2) is 0 Å². The number of rotatable bonds is 5. The van der Waals surface area contributed by atoms with Crippen LogP contribution in [-0.4, -0.2) is 22.6 Å². The highest BCUT2D eigenvalue weighted by molar-refractivity contribution is 5.78. The van der Waals surface area contributed by atoms with E-state index in [2.05, 4.69) is 15.5 Å². The standard InChI is InChI=1S/C13H16N4O2/c1-9-16-13(19-17-9)6-7-15-12(18)8-10-2-4-11(14)5-3-10/h2-5H,6-8,14H2,1H3,(H,15,18). The van der Waals surface area contributed by atoms with Crippen LogP contribution in [0.4, 0.5) is 5.69 Å². The van der Waals surface area contributed by atoms with Crippen molar-refractivity contribution in [1.29, 1.82) is 0 Å². The number of amides is 1. The Hall–Kier alpha value is -2.37.